The van der Waals surface area contributed by atoms with Gasteiger partial charge in [-0.2, -0.15) is 0 Å². The number of benzene rings is 1. The molecule has 1 aromatic rings. The van der Waals surface area contributed by atoms with E-state index in [2.05, 4.69) is 4.90 Å². The fourth-order valence-electron chi connectivity index (χ4n) is 2.00. The van der Waals surface area contributed by atoms with Gasteiger partial charge in [0.15, 0.2) is 0 Å². The van der Waals surface area contributed by atoms with Gasteiger partial charge in [-0.25, -0.2) is 4.39 Å². The van der Waals surface area contributed by atoms with E-state index >= 15 is 0 Å². The van der Waals surface area contributed by atoms with Crippen LogP contribution in [0.2, 0.25) is 0 Å². The lowest BCUT2D eigenvalue weighted by Crippen LogP contribution is -2.40. The van der Waals surface area contributed by atoms with Crippen LogP contribution in [0.5, 0.6) is 0 Å². The van der Waals surface area contributed by atoms with Crippen molar-refractivity contribution in [2.45, 2.75) is 6.10 Å². The van der Waals surface area contributed by atoms with Crippen LogP contribution in [-0.2, 0) is 4.74 Å². The average Bonchev–Trinajstić information content (AvgIpc) is 2.30. The Bertz CT molecular complexity index is 344. The molecule has 1 heterocycles. The molecule has 0 spiro atoms. The van der Waals surface area contributed by atoms with Crippen molar-refractivity contribution in [1.82, 2.24) is 4.90 Å². The predicted octanol–water partition coefficient (Wildman–Crippen LogP) is 1.16. The number of hydrogen-bond acceptors (Lipinski definition) is 3. The number of morpholine rings is 1. The molecule has 0 radical (unpaired) electrons. The highest BCUT2D eigenvalue weighted by atomic mass is 19.1. The third kappa shape index (κ3) is 2.78. The first-order valence-electron chi connectivity index (χ1n) is 5.59. The van der Waals surface area contributed by atoms with E-state index in [0.29, 0.717) is 13.2 Å². The van der Waals surface area contributed by atoms with Crippen molar-refractivity contribution < 1.29 is 9.13 Å². The molecular formula is C12H17FN2O. The standard InChI is InChI=1S/C12H17FN2O/c13-11-3-1-2-10(8-11)12-9-15(5-4-14)6-7-16-12/h1-3,8,12H,4-7,9,14H2. The first-order valence-corrected chi connectivity index (χ1v) is 5.59. The van der Waals surface area contributed by atoms with Crippen molar-refractivity contribution in [2.24, 2.45) is 5.73 Å². The lowest BCUT2D eigenvalue weighted by molar-refractivity contribution is -0.0289. The Hall–Kier alpha value is -0.970. The smallest absolute Gasteiger partial charge is 0.123 e. The molecule has 1 aliphatic rings. The first kappa shape index (κ1) is 11.5. The number of nitrogens with zero attached hydrogens (tertiary/aromatic N) is 1. The van der Waals surface area contributed by atoms with Crippen LogP contribution < -0.4 is 5.73 Å². The zero-order valence-corrected chi connectivity index (χ0v) is 9.23. The highest BCUT2D eigenvalue weighted by Gasteiger charge is 2.21. The van der Waals surface area contributed by atoms with Crippen LogP contribution in [0.4, 0.5) is 4.39 Å². The molecular weight excluding hydrogens is 207 g/mol. The van der Waals surface area contributed by atoms with E-state index in [1.807, 2.05) is 6.07 Å². The maximum atomic E-state index is 13.1. The van der Waals surface area contributed by atoms with Gasteiger partial charge in [0.1, 0.15) is 5.82 Å². The summed E-state index contributed by atoms with van der Waals surface area (Å²) in [5, 5.41) is 0. The molecule has 1 fully saturated rings. The minimum atomic E-state index is -0.211. The molecule has 1 saturated heterocycles. The van der Waals surface area contributed by atoms with Gasteiger partial charge < -0.3 is 10.5 Å². The van der Waals surface area contributed by atoms with E-state index in [0.717, 1.165) is 25.2 Å². The topological polar surface area (TPSA) is 38.5 Å². The molecule has 3 nitrogen and oxygen atoms in total. The Labute approximate surface area is 95.0 Å². The molecule has 2 rings (SSSR count). The molecule has 0 aliphatic carbocycles. The summed E-state index contributed by atoms with van der Waals surface area (Å²) in [7, 11) is 0. The Morgan fingerprint density at radius 2 is 2.38 bits per heavy atom. The molecule has 1 aromatic carbocycles. The maximum absolute atomic E-state index is 13.1. The molecule has 2 N–H and O–H groups in total. The number of nitrogens with two attached hydrogens (primary N) is 1. The monoisotopic (exact) mass is 224 g/mol. The highest BCUT2D eigenvalue weighted by molar-refractivity contribution is 5.19. The summed E-state index contributed by atoms with van der Waals surface area (Å²) in [6, 6.07) is 6.61. The Morgan fingerprint density at radius 3 is 3.12 bits per heavy atom. The third-order valence-corrected chi connectivity index (χ3v) is 2.82. The van der Waals surface area contributed by atoms with Crippen molar-refractivity contribution >= 4 is 0 Å². The van der Waals surface area contributed by atoms with Crippen molar-refractivity contribution in [3.05, 3.63) is 35.6 Å². The fraction of sp³-hybridized carbons (Fsp3) is 0.500. The van der Waals surface area contributed by atoms with E-state index in [1.54, 1.807) is 6.07 Å². The molecule has 16 heavy (non-hydrogen) atoms. The highest BCUT2D eigenvalue weighted by Crippen LogP contribution is 2.22. The van der Waals surface area contributed by atoms with Gasteiger partial charge >= 0.3 is 0 Å². The predicted molar refractivity (Wildman–Crippen MR) is 60.6 cm³/mol. The van der Waals surface area contributed by atoms with E-state index in [1.165, 1.54) is 12.1 Å². The van der Waals surface area contributed by atoms with E-state index in [4.69, 9.17) is 10.5 Å². The molecule has 4 heteroatoms. The summed E-state index contributed by atoms with van der Waals surface area (Å²) in [6.07, 6.45) is -0.0315. The fourth-order valence-corrected chi connectivity index (χ4v) is 2.00. The largest absolute Gasteiger partial charge is 0.371 e. The zero-order chi connectivity index (χ0) is 11.4. The molecule has 0 aromatic heterocycles. The Morgan fingerprint density at radius 1 is 1.50 bits per heavy atom. The van der Waals surface area contributed by atoms with Crippen molar-refractivity contribution in [3.8, 4) is 0 Å². The minimum Gasteiger partial charge on any atom is -0.371 e. The molecule has 88 valence electrons. The number of ether oxygens (including phenoxy) is 1. The van der Waals surface area contributed by atoms with Crippen LogP contribution in [0.3, 0.4) is 0 Å². The quantitative estimate of drug-likeness (QED) is 0.837. The first-order chi connectivity index (χ1) is 7.79. The van der Waals surface area contributed by atoms with Crippen LogP contribution in [0.1, 0.15) is 11.7 Å². The van der Waals surface area contributed by atoms with Gasteiger partial charge in [0, 0.05) is 26.2 Å². The van der Waals surface area contributed by atoms with Gasteiger partial charge in [-0.3, -0.25) is 4.90 Å². The van der Waals surface area contributed by atoms with Crippen LogP contribution >= 0.6 is 0 Å². The summed E-state index contributed by atoms with van der Waals surface area (Å²) in [5.41, 5.74) is 6.43. The molecule has 1 unspecified atom stereocenters. The van der Waals surface area contributed by atoms with Crippen molar-refractivity contribution in [1.29, 1.82) is 0 Å². The van der Waals surface area contributed by atoms with Crippen LogP contribution in [0, 0.1) is 5.82 Å². The number of rotatable bonds is 3. The van der Waals surface area contributed by atoms with Crippen LogP contribution in [-0.4, -0.2) is 37.7 Å². The summed E-state index contributed by atoms with van der Waals surface area (Å²) in [4.78, 5) is 2.25. The second-order valence-electron chi connectivity index (χ2n) is 4.00. The average molecular weight is 224 g/mol. The SMILES string of the molecule is NCCN1CCOC(c2cccc(F)c2)C1. The molecule has 1 aliphatic heterocycles. The normalized spacial score (nSPS) is 22.2. The Kier molecular flexibility index (Phi) is 3.88. The second kappa shape index (κ2) is 5.39. The van der Waals surface area contributed by atoms with Gasteiger partial charge in [0.25, 0.3) is 0 Å². The van der Waals surface area contributed by atoms with E-state index < -0.39 is 0 Å². The van der Waals surface area contributed by atoms with Gasteiger partial charge in [-0.05, 0) is 17.7 Å². The molecule has 1 atom stereocenters. The maximum Gasteiger partial charge on any atom is 0.123 e. The lowest BCUT2D eigenvalue weighted by atomic mass is 10.1. The summed E-state index contributed by atoms with van der Waals surface area (Å²) >= 11 is 0. The Balaban J connectivity index is 2.03. The van der Waals surface area contributed by atoms with Gasteiger partial charge in [-0.1, -0.05) is 12.1 Å². The zero-order valence-electron chi connectivity index (χ0n) is 9.23. The second-order valence-corrected chi connectivity index (χ2v) is 4.00. The number of hydrogen-bond donors (Lipinski definition) is 1. The molecule has 0 saturated carbocycles. The van der Waals surface area contributed by atoms with Gasteiger partial charge in [-0.15, -0.1) is 0 Å². The minimum absolute atomic E-state index is 0.0315. The summed E-state index contributed by atoms with van der Waals surface area (Å²) in [6.45, 7) is 3.90. The van der Waals surface area contributed by atoms with Gasteiger partial charge in [0.05, 0.1) is 12.7 Å². The van der Waals surface area contributed by atoms with Crippen LogP contribution in [0.25, 0.3) is 0 Å². The summed E-state index contributed by atoms with van der Waals surface area (Å²) < 4.78 is 18.7. The third-order valence-electron chi connectivity index (χ3n) is 2.82. The van der Waals surface area contributed by atoms with E-state index in [9.17, 15) is 4.39 Å². The molecule has 0 bridgehead atoms. The van der Waals surface area contributed by atoms with Crippen LogP contribution in [0.15, 0.2) is 24.3 Å². The number of halogens is 1. The van der Waals surface area contributed by atoms with Crippen molar-refractivity contribution in [3.63, 3.8) is 0 Å². The van der Waals surface area contributed by atoms with Crippen molar-refractivity contribution in [2.75, 3.05) is 32.8 Å². The van der Waals surface area contributed by atoms with E-state index in [-0.39, 0.29) is 11.9 Å². The lowest BCUT2D eigenvalue weighted by Gasteiger charge is -2.32. The van der Waals surface area contributed by atoms with Gasteiger partial charge in [0.2, 0.25) is 0 Å². The summed E-state index contributed by atoms with van der Waals surface area (Å²) in [5.74, 6) is -0.211. The molecule has 0 amide bonds.